The Hall–Kier alpha value is -1.80. The minimum Gasteiger partial charge on any atom is -0.493 e. The molecule has 2 aromatic carbocycles. The smallest absolute Gasteiger partial charge is 0.253 e. The van der Waals surface area contributed by atoms with Crippen LogP contribution in [0.1, 0.15) is 23.2 Å². The van der Waals surface area contributed by atoms with E-state index >= 15 is 0 Å². The molecule has 4 rings (SSSR count). The van der Waals surface area contributed by atoms with Crippen LogP contribution in [0.25, 0.3) is 0 Å². The van der Waals surface area contributed by atoms with Crippen LogP contribution in [0.3, 0.4) is 0 Å². The maximum Gasteiger partial charge on any atom is 0.253 e. The number of ether oxygens (including phenoxy) is 1. The van der Waals surface area contributed by atoms with Gasteiger partial charge in [-0.05, 0) is 61.2 Å². The SMILES string of the molecule is O=C(c1ccc(OCC2CC2)cc1)N1CCN(S(=O)(=O)c2cc(Cl)ccc2Cl)CC1. The Bertz CT molecular complexity index is 1030. The lowest BCUT2D eigenvalue weighted by Crippen LogP contribution is -2.50. The molecule has 9 heteroatoms. The molecule has 6 nitrogen and oxygen atoms in total. The molecule has 0 bridgehead atoms. The number of benzene rings is 2. The molecule has 1 saturated heterocycles. The molecular formula is C21H22Cl2N2O4S. The van der Waals surface area contributed by atoms with E-state index in [2.05, 4.69) is 0 Å². The monoisotopic (exact) mass is 468 g/mol. The topological polar surface area (TPSA) is 66.9 Å². The highest BCUT2D eigenvalue weighted by Crippen LogP contribution is 2.30. The first-order chi connectivity index (χ1) is 14.3. The minimum atomic E-state index is -3.78. The van der Waals surface area contributed by atoms with Gasteiger partial charge in [0.2, 0.25) is 10.0 Å². The van der Waals surface area contributed by atoms with Gasteiger partial charge in [0, 0.05) is 36.8 Å². The van der Waals surface area contributed by atoms with E-state index in [-0.39, 0.29) is 28.9 Å². The molecule has 1 aliphatic heterocycles. The number of carbonyl (C=O) groups is 1. The van der Waals surface area contributed by atoms with Crippen molar-refractivity contribution in [3.63, 3.8) is 0 Å². The first kappa shape index (κ1) is 21.4. The van der Waals surface area contributed by atoms with Crippen molar-refractivity contribution >= 4 is 39.1 Å². The Morgan fingerprint density at radius 3 is 2.30 bits per heavy atom. The Balaban J connectivity index is 1.37. The van der Waals surface area contributed by atoms with E-state index < -0.39 is 10.0 Å². The molecule has 2 fully saturated rings. The summed E-state index contributed by atoms with van der Waals surface area (Å²) in [7, 11) is -3.78. The van der Waals surface area contributed by atoms with Crippen molar-refractivity contribution in [1.29, 1.82) is 0 Å². The maximum absolute atomic E-state index is 12.9. The van der Waals surface area contributed by atoms with Gasteiger partial charge < -0.3 is 9.64 Å². The van der Waals surface area contributed by atoms with Crippen molar-refractivity contribution in [2.24, 2.45) is 5.92 Å². The Labute approximate surface area is 186 Å². The molecule has 30 heavy (non-hydrogen) atoms. The summed E-state index contributed by atoms with van der Waals surface area (Å²) in [6.07, 6.45) is 2.45. The van der Waals surface area contributed by atoms with Crippen LogP contribution in [0.4, 0.5) is 0 Å². The van der Waals surface area contributed by atoms with Crippen LogP contribution in [0.2, 0.25) is 10.0 Å². The molecule has 160 valence electrons. The third-order valence-corrected chi connectivity index (χ3v) is 7.94. The van der Waals surface area contributed by atoms with Gasteiger partial charge in [0.1, 0.15) is 10.6 Å². The Morgan fingerprint density at radius 2 is 1.67 bits per heavy atom. The van der Waals surface area contributed by atoms with E-state index in [1.54, 1.807) is 35.2 Å². The number of hydrogen-bond acceptors (Lipinski definition) is 4. The van der Waals surface area contributed by atoms with E-state index in [0.717, 1.165) is 12.4 Å². The van der Waals surface area contributed by atoms with Crippen LogP contribution in [-0.4, -0.2) is 56.3 Å². The maximum atomic E-state index is 12.9. The van der Waals surface area contributed by atoms with Gasteiger partial charge in [0.15, 0.2) is 0 Å². The second kappa shape index (κ2) is 8.75. The van der Waals surface area contributed by atoms with Crippen LogP contribution in [0.15, 0.2) is 47.4 Å². The molecule has 0 spiro atoms. The number of sulfonamides is 1. The fourth-order valence-corrected chi connectivity index (χ4v) is 5.48. The van der Waals surface area contributed by atoms with Crippen molar-refractivity contribution < 1.29 is 17.9 Å². The molecule has 0 N–H and O–H groups in total. The van der Waals surface area contributed by atoms with Crippen LogP contribution < -0.4 is 4.74 Å². The second-order valence-electron chi connectivity index (χ2n) is 7.55. The first-order valence-corrected chi connectivity index (χ1v) is 12.0. The highest BCUT2D eigenvalue weighted by Gasteiger charge is 2.32. The van der Waals surface area contributed by atoms with Crippen LogP contribution in [0, 0.1) is 5.92 Å². The van der Waals surface area contributed by atoms with Crippen molar-refractivity contribution in [2.45, 2.75) is 17.7 Å². The normalized spacial score (nSPS) is 17.7. The number of rotatable bonds is 6. The summed E-state index contributed by atoms with van der Waals surface area (Å²) in [5.74, 6) is 1.30. The number of carbonyl (C=O) groups excluding carboxylic acids is 1. The molecule has 0 atom stereocenters. The molecule has 1 amide bonds. The summed E-state index contributed by atoms with van der Waals surface area (Å²) in [5.41, 5.74) is 0.558. The molecule has 1 aliphatic carbocycles. The van der Waals surface area contributed by atoms with Gasteiger partial charge in [-0.1, -0.05) is 23.2 Å². The second-order valence-corrected chi connectivity index (χ2v) is 10.3. The Kier molecular flexibility index (Phi) is 6.25. The van der Waals surface area contributed by atoms with Gasteiger partial charge in [-0.2, -0.15) is 4.31 Å². The third kappa shape index (κ3) is 4.75. The summed E-state index contributed by atoms with van der Waals surface area (Å²) in [6, 6.07) is 11.5. The van der Waals surface area contributed by atoms with E-state index in [0.29, 0.717) is 29.6 Å². The van der Waals surface area contributed by atoms with Crippen molar-refractivity contribution in [3.05, 3.63) is 58.1 Å². The lowest BCUT2D eigenvalue weighted by atomic mass is 10.2. The lowest BCUT2D eigenvalue weighted by Gasteiger charge is -2.34. The minimum absolute atomic E-state index is 0.0155. The number of piperazine rings is 1. The van der Waals surface area contributed by atoms with E-state index in [1.807, 2.05) is 0 Å². The van der Waals surface area contributed by atoms with Crippen LogP contribution in [0.5, 0.6) is 5.75 Å². The number of nitrogens with zero attached hydrogens (tertiary/aromatic N) is 2. The molecule has 0 unspecified atom stereocenters. The molecule has 0 radical (unpaired) electrons. The van der Waals surface area contributed by atoms with Crippen LogP contribution >= 0.6 is 23.2 Å². The zero-order valence-electron chi connectivity index (χ0n) is 16.3. The molecule has 2 aliphatic rings. The van der Waals surface area contributed by atoms with E-state index in [4.69, 9.17) is 27.9 Å². The first-order valence-electron chi connectivity index (χ1n) is 9.82. The highest BCUT2D eigenvalue weighted by atomic mass is 35.5. The average molecular weight is 469 g/mol. The predicted molar refractivity (Wildman–Crippen MR) is 116 cm³/mol. The standard InChI is InChI=1S/C21H22Cl2N2O4S/c22-17-5-8-19(23)20(13-17)30(27,28)25-11-9-24(10-12-25)21(26)16-3-6-18(7-4-16)29-14-15-1-2-15/h3-8,13,15H,1-2,9-12,14H2. The van der Waals surface area contributed by atoms with Gasteiger partial charge in [-0.15, -0.1) is 0 Å². The number of halogens is 2. The van der Waals surface area contributed by atoms with E-state index in [1.165, 1.54) is 29.3 Å². The third-order valence-electron chi connectivity index (χ3n) is 5.32. The van der Waals surface area contributed by atoms with Crippen molar-refractivity contribution in [2.75, 3.05) is 32.8 Å². The largest absolute Gasteiger partial charge is 0.493 e. The lowest BCUT2D eigenvalue weighted by molar-refractivity contribution is 0.0698. The molecule has 0 aromatic heterocycles. The summed E-state index contributed by atoms with van der Waals surface area (Å²) in [6.45, 7) is 1.71. The quantitative estimate of drug-likeness (QED) is 0.643. The van der Waals surface area contributed by atoms with Gasteiger partial charge in [0.25, 0.3) is 5.91 Å². The van der Waals surface area contributed by atoms with Crippen molar-refractivity contribution in [3.8, 4) is 5.75 Å². The van der Waals surface area contributed by atoms with Gasteiger partial charge >= 0.3 is 0 Å². The molecule has 2 aromatic rings. The van der Waals surface area contributed by atoms with Gasteiger partial charge in [-0.3, -0.25) is 4.79 Å². The average Bonchev–Trinajstić information content (AvgIpc) is 3.58. The van der Waals surface area contributed by atoms with Gasteiger partial charge in [0.05, 0.1) is 11.6 Å². The Morgan fingerprint density at radius 1 is 1.00 bits per heavy atom. The molecular weight excluding hydrogens is 447 g/mol. The number of hydrogen-bond donors (Lipinski definition) is 0. The van der Waals surface area contributed by atoms with Crippen LogP contribution in [-0.2, 0) is 10.0 Å². The summed E-state index contributed by atoms with van der Waals surface area (Å²) in [5, 5.41) is 0.429. The summed E-state index contributed by atoms with van der Waals surface area (Å²) < 4.78 is 32.9. The molecule has 1 heterocycles. The summed E-state index contributed by atoms with van der Waals surface area (Å²) in [4.78, 5) is 14.4. The fraction of sp³-hybridized carbons (Fsp3) is 0.381. The molecule has 1 saturated carbocycles. The predicted octanol–water partition coefficient (Wildman–Crippen LogP) is 3.93. The highest BCUT2D eigenvalue weighted by molar-refractivity contribution is 7.89. The number of amides is 1. The van der Waals surface area contributed by atoms with Crippen molar-refractivity contribution in [1.82, 2.24) is 9.21 Å². The van der Waals surface area contributed by atoms with E-state index in [9.17, 15) is 13.2 Å². The summed E-state index contributed by atoms with van der Waals surface area (Å²) >= 11 is 12.0. The zero-order valence-corrected chi connectivity index (χ0v) is 18.6. The fourth-order valence-electron chi connectivity index (χ4n) is 3.32. The zero-order chi connectivity index (χ0) is 21.3. The van der Waals surface area contributed by atoms with Gasteiger partial charge in [-0.25, -0.2) is 8.42 Å².